The lowest BCUT2D eigenvalue weighted by atomic mass is 10.0. The summed E-state index contributed by atoms with van der Waals surface area (Å²) >= 11 is 0. The van der Waals surface area contributed by atoms with Crippen molar-refractivity contribution in [1.29, 1.82) is 0 Å². The lowest BCUT2D eigenvalue weighted by Gasteiger charge is -2.14. The van der Waals surface area contributed by atoms with Crippen molar-refractivity contribution in [1.82, 2.24) is 5.32 Å². The van der Waals surface area contributed by atoms with Gasteiger partial charge in [-0.2, -0.15) is 0 Å². The second kappa shape index (κ2) is 5.53. The third-order valence-corrected chi connectivity index (χ3v) is 2.43. The van der Waals surface area contributed by atoms with E-state index >= 15 is 0 Å². The average Bonchev–Trinajstić information content (AvgIpc) is 2.24. The Morgan fingerprint density at radius 2 is 2.20 bits per heavy atom. The second-order valence-corrected chi connectivity index (χ2v) is 3.48. The lowest BCUT2D eigenvalue weighted by molar-refractivity contribution is 0.586. The Morgan fingerprint density at radius 1 is 1.47 bits per heavy atom. The molecule has 0 bridgehead atoms. The minimum Gasteiger partial charge on any atom is -0.312 e. The van der Waals surface area contributed by atoms with Crippen LogP contribution >= 0.6 is 0 Å². The standard InChI is InChI=1S/C13H16FN/c1-4-5-6-13(15-3)11-8-7-10(2)12(14)9-11/h7-9,13,15H,6H2,1-3H3. The number of rotatable bonds is 3. The summed E-state index contributed by atoms with van der Waals surface area (Å²) in [5.41, 5.74) is 1.62. The zero-order valence-electron chi connectivity index (χ0n) is 9.39. The van der Waals surface area contributed by atoms with Crippen molar-refractivity contribution in [3.63, 3.8) is 0 Å². The van der Waals surface area contributed by atoms with Crippen LogP contribution in [0.3, 0.4) is 0 Å². The smallest absolute Gasteiger partial charge is 0.126 e. The molecule has 0 aliphatic rings. The molecule has 80 valence electrons. The maximum atomic E-state index is 13.3. The lowest BCUT2D eigenvalue weighted by Crippen LogP contribution is -2.15. The average molecular weight is 205 g/mol. The maximum absolute atomic E-state index is 13.3. The summed E-state index contributed by atoms with van der Waals surface area (Å²) < 4.78 is 13.3. The molecule has 1 aromatic carbocycles. The van der Waals surface area contributed by atoms with Crippen LogP contribution in [0, 0.1) is 24.6 Å². The van der Waals surface area contributed by atoms with Gasteiger partial charge < -0.3 is 5.32 Å². The summed E-state index contributed by atoms with van der Waals surface area (Å²) in [4.78, 5) is 0. The molecule has 0 aliphatic heterocycles. The van der Waals surface area contributed by atoms with E-state index in [0.717, 1.165) is 5.56 Å². The van der Waals surface area contributed by atoms with Crippen LogP contribution in [0.5, 0.6) is 0 Å². The number of hydrogen-bond donors (Lipinski definition) is 1. The molecule has 1 atom stereocenters. The summed E-state index contributed by atoms with van der Waals surface area (Å²) in [6.07, 6.45) is 0.704. The first-order valence-electron chi connectivity index (χ1n) is 5.02. The van der Waals surface area contributed by atoms with Crippen LogP contribution in [-0.2, 0) is 0 Å². The van der Waals surface area contributed by atoms with Gasteiger partial charge in [0.15, 0.2) is 0 Å². The largest absolute Gasteiger partial charge is 0.312 e. The number of nitrogens with one attached hydrogen (secondary N) is 1. The van der Waals surface area contributed by atoms with E-state index in [9.17, 15) is 4.39 Å². The molecular formula is C13H16FN. The highest BCUT2D eigenvalue weighted by Gasteiger charge is 2.09. The Kier molecular flexibility index (Phi) is 4.33. The third-order valence-electron chi connectivity index (χ3n) is 2.43. The summed E-state index contributed by atoms with van der Waals surface area (Å²) in [6, 6.07) is 5.42. The van der Waals surface area contributed by atoms with Crippen molar-refractivity contribution in [3.8, 4) is 11.8 Å². The predicted molar refractivity (Wildman–Crippen MR) is 61.0 cm³/mol. The van der Waals surface area contributed by atoms with E-state index in [2.05, 4.69) is 17.2 Å². The first-order chi connectivity index (χ1) is 7.19. The molecule has 0 saturated carbocycles. The van der Waals surface area contributed by atoms with Crippen LogP contribution in [0.1, 0.15) is 30.5 Å². The van der Waals surface area contributed by atoms with Crippen molar-refractivity contribution < 1.29 is 4.39 Å². The molecule has 0 amide bonds. The quantitative estimate of drug-likeness (QED) is 0.748. The van der Waals surface area contributed by atoms with Gasteiger partial charge in [-0.1, -0.05) is 12.1 Å². The molecule has 15 heavy (non-hydrogen) atoms. The van der Waals surface area contributed by atoms with Crippen LogP contribution in [0.25, 0.3) is 0 Å². The van der Waals surface area contributed by atoms with Crippen molar-refractivity contribution in [2.45, 2.75) is 26.3 Å². The number of aryl methyl sites for hydroxylation is 1. The zero-order valence-corrected chi connectivity index (χ0v) is 9.39. The molecule has 2 heteroatoms. The fourth-order valence-electron chi connectivity index (χ4n) is 1.42. The van der Waals surface area contributed by atoms with E-state index in [1.54, 1.807) is 19.1 Å². The van der Waals surface area contributed by atoms with Crippen LogP contribution in [0.4, 0.5) is 4.39 Å². The van der Waals surface area contributed by atoms with E-state index in [4.69, 9.17) is 0 Å². The predicted octanol–water partition coefficient (Wildman–Crippen LogP) is 2.81. The van der Waals surface area contributed by atoms with Gasteiger partial charge in [0, 0.05) is 12.5 Å². The minimum atomic E-state index is -0.155. The zero-order chi connectivity index (χ0) is 11.3. The molecule has 0 spiro atoms. The summed E-state index contributed by atoms with van der Waals surface area (Å²) in [5.74, 6) is 5.69. The molecule has 1 rings (SSSR count). The van der Waals surface area contributed by atoms with Gasteiger partial charge in [0.1, 0.15) is 5.82 Å². The fraction of sp³-hybridized carbons (Fsp3) is 0.385. The van der Waals surface area contributed by atoms with E-state index in [1.165, 1.54) is 0 Å². The Balaban J connectivity index is 2.90. The fourth-order valence-corrected chi connectivity index (χ4v) is 1.42. The summed E-state index contributed by atoms with van der Waals surface area (Å²) in [7, 11) is 1.86. The molecule has 0 aliphatic carbocycles. The highest BCUT2D eigenvalue weighted by atomic mass is 19.1. The van der Waals surface area contributed by atoms with E-state index in [0.29, 0.717) is 12.0 Å². The van der Waals surface area contributed by atoms with Crippen LogP contribution in [-0.4, -0.2) is 7.05 Å². The normalized spacial score (nSPS) is 11.7. The Morgan fingerprint density at radius 3 is 2.73 bits per heavy atom. The molecule has 1 nitrogen and oxygen atoms in total. The molecule has 0 saturated heterocycles. The van der Waals surface area contributed by atoms with E-state index in [-0.39, 0.29) is 11.9 Å². The molecule has 0 heterocycles. The molecule has 0 aromatic heterocycles. The van der Waals surface area contributed by atoms with Crippen molar-refractivity contribution in [3.05, 3.63) is 35.1 Å². The molecule has 0 radical (unpaired) electrons. The Bertz CT molecular complexity index is 387. The van der Waals surface area contributed by atoms with Gasteiger partial charge in [-0.15, -0.1) is 11.8 Å². The first kappa shape index (κ1) is 11.7. The third kappa shape index (κ3) is 3.07. The van der Waals surface area contributed by atoms with Crippen molar-refractivity contribution in [2.24, 2.45) is 0 Å². The first-order valence-corrected chi connectivity index (χ1v) is 5.02. The van der Waals surface area contributed by atoms with Crippen molar-refractivity contribution in [2.75, 3.05) is 7.05 Å². The highest BCUT2D eigenvalue weighted by molar-refractivity contribution is 5.26. The maximum Gasteiger partial charge on any atom is 0.126 e. The van der Waals surface area contributed by atoms with Gasteiger partial charge >= 0.3 is 0 Å². The van der Waals surface area contributed by atoms with Gasteiger partial charge in [-0.3, -0.25) is 0 Å². The summed E-state index contributed by atoms with van der Waals surface area (Å²) in [6.45, 7) is 3.57. The molecule has 1 unspecified atom stereocenters. The van der Waals surface area contributed by atoms with Gasteiger partial charge in [0.05, 0.1) is 0 Å². The topological polar surface area (TPSA) is 12.0 Å². The highest BCUT2D eigenvalue weighted by Crippen LogP contribution is 2.18. The Labute approximate surface area is 90.7 Å². The van der Waals surface area contributed by atoms with Crippen molar-refractivity contribution >= 4 is 0 Å². The number of halogens is 1. The van der Waals surface area contributed by atoms with Gasteiger partial charge in [0.2, 0.25) is 0 Å². The SMILES string of the molecule is CC#CCC(NC)c1ccc(C)c(F)c1. The second-order valence-electron chi connectivity index (χ2n) is 3.48. The van der Waals surface area contributed by atoms with Gasteiger partial charge in [-0.05, 0) is 38.1 Å². The minimum absolute atomic E-state index is 0.104. The molecule has 1 N–H and O–H groups in total. The monoisotopic (exact) mass is 205 g/mol. The number of benzene rings is 1. The number of hydrogen-bond acceptors (Lipinski definition) is 1. The van der Waals surface area contributed by atoms with E-state index in [1.807, 2.05) is 20.0 Å². The van der Waals surface area contributed by atoms with Gasteiger partial charge in [-0.25, -0.2) is 4.39 Å². The summed E-state index contributed by atoms with van der Waals surface area (Å²) in [5, 5.41) is 3.13. The molecule has 1 aromatic rings. The molecule has 0 fully saturated rings. The van der Waals surface area contributed by atoms with Crippen LogP contribution in [0.15, 0.2) is 18.2 Å². The van der Waals surface area contributed by atoms with E-state index < -0.39 is 0 Å². The van der Waals surface area contributed by atoms with Gasteiger partial charge in [0.25, 0.3) is 0 Å². The Hall–Kier alpha value is -1.33. The van der Waals surface area contributed by atoms with Crippen LogP contribution in [0.2, 0.25) is 0 Å². The van der Waals surface area contributed by atoms with Crippen LogP contribution < -0.4 is 5.32 Å². The molecular weight excluding hydrogens is 189 g/mol.